The molecule has 2 aromatic carbocycles. The summed E-state index contributed by atoms with van der Waals surface area (Å²) in [4.78, 5) is 47.6. The zero-order valence-corrected chi connectivity index (χ0v) is 24.9. The molecule has 3 heterocycles. The number of aromatic nitrogens is 4. The summed E-state index contributed by atoms with van der Waals surface area (Å²) in [5.41, 5.74) is 1.41. The lowest BCUT2D eigenvalue weighted by Crippen LogP contribution is -2.40. The Kier molecular flexibility index (Phi) is 8.80. The Morgan fingerprint density at radius 3 is 2.21 bits per heavy atom. The first-order valence-electron chi connectivity index (χ1n) is 13.0. The predicted octanol–water partition coefficient (Wildman–Crippen LogP) is 4.40. The summed E-state index contributed by atoms with van der Waals surface area (Å²) in [6.07, 6.45) is 3.21. The lowest BCUT2D eigenvalue weighted by atomic mass is 9.93. The van der Waals surface area contributed by atoms with E-state index in [-0.39, 0.29) is 6.61 Å². The van der Waals surface area contributed by atoms with Crippen LogP contribution in [0.2, 0.25) is 0 Å². The van der Waals surface area contributed by atoms with Crippen molar-refractivity contribution in [3.8, 4) is 0 Å². The van der Waals surface area contributed by atoms with E-state index in [4.69, 9.17) is 18.9 Å². The first-order chi connectivity index (χ1) is 20.3. The second-order valence-corrected chi connectivity index (χ2v) is 11.0. The third-order valence-electron chi connectivity index (χ3n) is 6.77. The average molecular weight is 609 g/mol. The molecule has 42 heavy (non-hydrogen) atoms. The number of hydrogen-bond donors (Lipinski definition) is 0. The summed E-state index contributed by atoms with van der Waals surface area (Å²) < 4.78 is 25.5. The van der Waals surface area contributed by atoms with Crippen molar-refractivity contribution in [1.29, 1.82) is 0 Å². The Labute approximate surface area is 250 Å². The molecular formula is C29H28N4O7S2. The highest BCUT2D eigenvalue weighted by atomic mass is 32.2. The first kappa shape index (κ1) is 29.5. The number of esters is 3. The van der Waals surface area contributed by atoms with Crippen molar-refractivity contribution in [3.63, 3.8) is 0 Å². The van der Waals surface area contributed by atoms with Crippen molar-refractivity contribution in [3.05, 3.63) is 83.7 Å². The molecule has 13 heteroatoms. The van der Waals surface area contributed by atoms with E-state index >= 15 is 0 Å². The second kappa shape index (κ2) is 12.5. The van der Waals surface area contributed by atoms with E-state index in [9.17, 15) is 14.4 Å². The number of carbonyl (C=O) groups is 3. The lowest BCUT2D eigenvalue weighted by Gasteiger charge is -2.31. The van der Waals surface area contributed by atoms with Gasteiger partial charge in [-0.3, -0.25) is 4.79 Å². The van der Waals surface area contributed by atoms with Gasteiger partial charge in [0.15, 0.2) is 5.65 Å². The molecule has 1 saturated heterocycles. The average Bonchev–Trinajstić information content (AvgIpc) is 3.55. The molecule has 4 aromatic rings. The zero-order chi connectivity index (χ0) is 29.9. The van der Waals surface area contributed by atoms with E-state index in [1.807, 2.05) is 12.5 Å². The quantitative estimate of drug-likeness (QED) is 0.152. The number of fused-ring (bicyclic) bond motifs is 1. The second-order valence-electron chi connectivity index (χ2n) is 9.39. The van der Waals surface area contributed by atoms with Crippen LogP contribution in [-0.2, 0) is 29.5 Å². The van der Waals surface area contributed by atoms with E-state index in [1.54, 1.807) is 67.6 Å². The van der Waals surface area contributed by atoms with Crippen molar-refractivity contribution < 1.29 is 33.3 Å². The van der Waals surface area contributed by atoms with E-state index in [0.29, 0.717) is 32.7 Å². The van der Waals surface area contributed by atoms with Crippen LogP contribution >= 0.6 is 23.5 Å². The summed E-state index contributed by atoms with van der Waals surface area (Å²) in [5.74, 6) is -4.40. The van der Waals surface area contributed by atoms with Gasteiger partial charge in [-0.05, 0) is 36.8 Å². The molecular weight excluding hydrogens is 580 g/mol. The van der Waals surface area contributed by atoms with Gasteiger partial charge in [0.1, 0.15) is 29.5 Å². The predicted molar refractivity (Wildman–Crippen MR) is 154 cm³/mol. The molecule has 11 nitrogen and oxygen atoms in total. The highest BCUT2D eigenvalue weighted by molar-refractivity contribution is 7.99. The molecule has 2 aromatic heterocycles. The van der Waals surface area contributed by atoms with Gasteiger partial charge in [0.05, 0.1) is 23.2 Å². The number of imidazole rings is 1. The summed E-state index contributed by atoms with van der Waals surface area (Å²) in [5, 5.41) is 5.68. The molecule has 5 rings (SSSR count). The minimum atomic E-state index is -1.80. The number of rotatable bonds is 9. The van der Waals surface area contributed by atoms with Crippen molar-refractivity contribution in [2.75, 3.05) is 19.1 Å². The Bertz CT molecular complexity index is 1600. The Hall–Kier alpha value is -3.94. The molecule has 218 valence electrons. The zero-order valence-electron chi connectivity index (χ0n) is 23.3. The molecule has 0 N–H and O–H groups in total. The van der Waals surface area contributed by atoms with Gasteiger partial charge in [-0.25, -0.2) is 24.1 Å². The minimum Gasteiger partial charge on any atom is -0.459 e. The van der Waals surface area contributed by atoms with Gasteiger partial charge >= 0.3 is 17.9 Å². The van der Waals surface area contributed by atoms with E-state index in [2.05, 4.69) is 15.1 Å². The molecule has 1 fully saturated rings. The molecule has 0 spiro atoms. The van der Waals surface area contributed by atoms with Crippen LogP contribution in [0.25, 0.3) is 5.65 Å². The number of nitrogens with zero attached hydrogens (tertiary/aromatic N) is 4. The molecule has 1 aliphatic rings. The third-order valence-corrected chi connectivity index (χ3v) is 7.96. The maximum Gasteiger partial charge on any atom is 0.338 e. The molecule has 0 aliphatic carbocycles. The van der Waals surface area contributed by atoms with Crippen molar-refractivity contribution in [1.82, 2.24) is 19.6 Å². The fourth-order valence-corrected chi connectivity index (χ4v) is 5.70. The van der Waals surface area contributed by atoms with Crippen LogP contribution in [0.4, 0.5) is 0 Å². The van der Waals surface area contributed by atoms with Gasteiger partial charge in [-0.1, -0.05) is 55.1 Å². The largest absolute Gasteiger partial charge is 0.459 e. The van der Waals surface area contributed by atoms with Gasteiger partial charge in [-0.15, -0.1) is 16.9 Å². The summed E-state index contributed by atoms with van der Waals surface area (Å²) >= 11 is 2.73. The van der Waals surface area contributed by atoms with Crippen molar-refractivity contribution >= 4 is 47.1 Å². The number of carbonyl (C=O) groups excluding carboxylic acids is 3. The number of benzene rings is 2. The summed E-state index contributed by atoms with van der Waals surface area (Å²) in [6, 6.07) is 17.0. The monoisotopic (exact) mass is 608 g/mol. The van der Waals surface area contributed by atoms with E-state index < -0.39 is 41.8 Å². The number of hydrogen-bond acceptors (Lipinski definition) is 12. The van der Waals surface area contributed by atoms with Crippen molar-refractivity contribution in [2.45, 2.75) is 42.0 Å². The Morgan fingerprint density at radius 1 is 0.976 bits per heavy atom. The van der Waals surface area contributed by atoms with Crippen LogP contribution in [0.15, 0.2) is 77.0 Å². The molecule has 0 radical (unpaired) electrons. The van der Waals surface area contributed by atoms with E-state index in [0.717, 1.165) is 0 Å². The highest BCUT2D eigenvalue weighted by Gasteiger charge is 2.60. The van der Waals surface area contributed by atoms with Gasteiger partial charge in [-0.2, -0.15) is 0 Å². The van der Waals surface area contributed by atoms with E-state index in [1.165, 1.54) is 41.2 Å². The maximum atomic E-state index is 13.2. The normalized spacial score (nSPS) is 21.7. The van der Waals surface area contributed by atoms with Crippen LogP contribution < -0.4 is 0 Å². The maximum absolute atomic E-state index is 13.2. The molecule has 0 bridgehead atoms. The Balaban J connectivity index is 1.57. The lowest BCUT2D eigenvalue weighted by molar-refractivity contribution is -0.247. The van der Waals surface area contributed by atoms with Gasteiger partial charge < -0.3 is 18.9 Å². The first-order valence-corrected chi connectivity index (χ1v) is 15.4. The molecule has 1 unspecified atom stereocenters. The van der Waals surface area contributed by atoms with Crippen LogP contribution in [0, 0.1) is 5.92 Å². The fourth-order valence-electron chi connectivity index (χ4n) is 4.80. The standard InChI is InChI=1S/C29H28N4O7S2/c1-17-23(38-27(36)20-13-9-6-10-14-20)21(16-37-26(35)19-11-7-5-8-12-19)40-29(17,39-18(2)34)22-15-30-24-25(41-3)31-28(42-4)32-33(22)24/h5-15,17,21,23H,16H2,1-4H3/t17-,21+,23-,29?/m0/s1. The SMILES string of the molecule is CSc1nc(SC)c2ncc(C3(OC(C)=O)O[C@H](COC(=O)c4ccccc4)[C@@H](OC(=O)c4ccccc4)[C@@H]3C)n2n1. The van der Waals surface area contributed by atoms with Crippen LogP contribution in [-0.4, -0.2) is 68.8 Å². The van der Waals surface area contributed by atoms with Crippen LogP contribution in [0.1, 0.15) is 40.3 Å². The van der Waals surface area contributed by atoms with Crippen LogP contribution in [0.5, 0.6) is 0 Å². The van der Waals surface area contributed by atoms with Crippen molar-refractivity contribution in [2.24, 2.45) is 5.92 Å². The summed E-state index contributed by atoms with van der Waals surface area (Å²) in [6.45, 7) is 2.70. The molecule has 1 aliphatic heterocycles. The minimum absolute atomic E-state index is 0.286. The van der Waals surface area contributed by atoms with Gasteiger partial charge in [0.2, 0.25) is 5.16 Å². The smallest absolute Gasteiger partial charge is 0.338 e. The topological polar surface area (TPSA) is 131 Å². The molecule has 0 saturated carbocycles. The number of ether oxygens (including phenoxy) is 4. The third kappa shape index (κ3) is 5.72. The number of thioether (sulfide) groups is 2. The molecule has 4 atom stereocenters. The summed E-state index contributed by atoms with van der Waals surface area (Å²) in [7, 11) is 0. The van der Waals surface area contributed by atoms with Crippen LogP contribution in [0.3, 0.4) is 0 Å². The van der Waals surface area contributed by atoms with Gasteiger partial charge in [0, 0.05) is 6.92 Å². The highest BCUT2D eigenvalue weighted by Crippen LogP contribution is 2.47. The fraction of sp³-hybridized carbons (Fsp3) is 0.310. The van der Waals surface area contributed by atoms with Gasteiger partial charge in [0.25, 0.3) is 5.79 Å². The molecule has 0 amide bonds. The Morgan fingerprint density at radius 2 is 1.62 bits per heavy atom.